The minimum absolute atomic E-state index is 0.114. The first-order valence-electron chi connectivity index (χ1n) is 7.11. The van der Waals surface area contributed by atoms with Crippen LogP contribution in [-0.2, 0) is 4.74 Å². The van der Waals surface area contributed by atoms with Crippen LogP contribution in [0, 0.1) is 13.8 Å². The second-order valence-electron chi connectivity index (χ2n) is 6.35. The number of alkyl carbamates (subject to hydrolysis) is 1. The van der Waals surface area contributed by atoms with Gasteiger partial charge in [0.2, 0.25) is 0 Å². The Morgan fingerprint density at radius 3 is 2.23 bits per heavy atom. The molecule has 5 nitrogen and oxygen atoms in total. The van der Waals surface area contributed by atoms with Gasteiger partial charge in [0.25, 0.3) is 0 Å². The molecular weight excluding hydrogens is 306 g/mol. The van der Waals surface area contributed by atoms with Gasteiger partial charge in [-0.1, -0.05) is 11.6 Å². The van der Waals surface area contributed by atoms with Crippen LogP contribution in [0.5, 0.6) is 0 Å². The second-order valence-corrected chi connectivity index (χ2v) is 6.78. The van der Waals surface area contributed by atoms with Crippen molar-refractivity contribution >= 4 is 17.7 Å². The summed E-state index contributed by atoms with van der Waals surface area (Å²) in [5, 5.41) is 23.4. The van der Waals surface area contributed by atoms with Crippen LogP contribution in [0.2, 0.25) is 5.02 Å². The van der Waals surface area contributed by atoms with Gasteiger partial charge in [-0.3, -0.25) is 0 Å². The molecule has 0 aromatic heterocycles. The number of aliphatic hydroxyl groups excluding tert-OH is 2. The van der Waals surface area contributed by atoms with Gasteiger partial charge >= 0.3 is 6.09 Å². The predicted molar refractivity (Wildman–Crippen MR) is 86.1 cm³/mol. The molecule has 0 spiro atoms. The van der Waals surface area contributed by atoms with Crippen LogP contribution >= 0.6 is 11.6 Å². The zero-order valence-corrected chi connectivity index (χ0v) is 14.4. The van der Waals surface area contributed by atoms with Crippen LogP contribution in [0.3, 0.4) is 0 Å². The molecule has 3 N–H and O–H groups in total. The second kappa shape index (κ2) is 7.31. The van der Waals surface area contributed by atoms with E-state index in [4.69, 9.17) is 16.3 Å². The number of amides is 1. The molecular formula is C16H24ClNO4. The minimum atomic E-state index is -1.15. The topological polar surface area (TPSA) is 78.8 Å². The lowest BCUT2D eigenvalue weighted by Gasteiger charge is -2.24. The largest absolute Gasteiger partial charge is 0.444 e. The van der Waals surface area contributed by atoms with Gasteiger partial charge in [0.15, 0.2) is 0 Å². The summed E-state index contributed by atoms with van der Waals surface area (Å²) in [5.74, 6) is 0. The fourth-order valence-corrected chi connectivity index (χ4v) is 2.52. The van der Waals surface area contributed by atoms with Crippen LogP contribution in [0.25, 0.3) is 0 Å². The van der Waals surface area contributed by atoms with Gasteiger partial charge in [-0.05, 0) is 63.4 Å². The molecule has 22 heavy (non-hydrogen) atoms. The van der Waals surface area contributed by atoms with Crippen molar-refractivity contribution in [2.24, 2.45) is 0 Å². The van der Waals surface area contributed by atoms with E-state index in [1.807, 2.05) is 13.8 Å². The minimum Gasteiger partial charge on any atom is -0.444 e. The number of aliphatic hydroxyl groups is 2. The van der Waals surface area contributed by atoms with Crippen molar-refractivity contribution in [1.82, 2.24) is 5.32 Å². The maximum absolute atomic E-state index is 11.6. The summed E-state index contributed by atoms with van der Waals surface area (Å²) in [4.78, 5) is 11.6. The Morgan fingerprint density at radius 1 is 1.27 bits per heavy atom. The molecule has 0 radical (unpaired) electrons. The molecule has 1 amide bonds. The molecule has 1 aromatic carbocycles. The fraction of sp³-hybridized carbons (Fsp3) is 0.562. The number of benzene rings is 1. The van der Waals surface area contributed by atoms with Gasteiger partial charge < -0.3 is 20.3 Å². The lowest BCUT2D eigenvalue weighted by atomic mass is 9.95. The number of hydrogen-bond donors (Lipinski definition) is 3. The summed E-state index contributed by atoms with van der Waals surface area (Å²) in [6, 6.07) is 3.45. The summed E-state index contributed by atoms with van der Waals surface area (Å²) in [7, 11) is 0. The number of halogens is 1. The zero-order valence-electron chi connectivity index (χ0n) is 13.6. The number of carbonyl (C=O) groups is 1. The highest BCUT2D eigenvalue weighted by molar-refractivity contribution is 6.30. The Bertz CT molecular complexity index is 516. The lowest BCUT2D eigenvalue weighted by Crippen LogP contribution is -2.39. The predicted octanol–water partition coefficient (Wildman–Crippen LogP) is 2.88. The smallest absolute Gasteiger partial charge is 0.407 e. The van der Waals surface area contributed by atoms with E-state index in [-0.39, 0.29) is 6.54 Å². The Balaban J connectivity index is 2.70. The molecule has 2 atom stereocenters. The number of rotatable bonds is 4. The van der Waals surface area contributed by atoms with Crippen molar-refractivity contribution in [3.05, 3.63) is 33.8 Å². The lowest BCUT2D eigenvalue weighted by molar-refractivity contribution is 0.0124. The van der Waals surface area contributed by atoms with Crippen molar-refractivity contribution in [3.63, 3.8) is 0 Å². The third-order valence-electron chi connectivity index (χ3n) is 3.07. The first kappa shape index (κ1) is 18.7. The molecule has 0 bridgehead atoms. The SMILES string of the molecule is Cc1cc(Cl)cc(C)c1C(O)C(O)CNC(=O)OC(C)(C)C. The highest BCUT2D eigenvalue weighted by Crippen LogP contribution is 2.27. The maximum Gasteiger partial charge on any atom is 0.407 e. The average molecular weight is 330 g/mol. The molecule has 1 aromatic rings. The first-order valence-corrected chi connectivity index (χ1v) is 7.48. The molecule has 0 saturated heterocycles. The molecule has 0 heterocycles. The van der Waals surface area contributed by atoms with Gasteiger partial charge in [0.1, 0.15) is 17.8 Å². The average Bonchev–Trinajstić information content (AvgIpc) is 2.32. The van der Waals surface area contributed by atoms with E-state index < -0.39 is 23.9 Å². The van der Waals surface area contributed by atoms with E-state index in [1.165, 1.54) is 0 Å². The molecule has 0 aliphatic heterocycles. The summed E-state index contributed by atoms with van der Waals surface area (Å²) in [5.41, 5.74) is 1.57. The van der Waals surface area contributed by atoms with Crippen LogP contribution in [-0.4, -0.2) is 34.6 Å². The molecule has 1 rings (SSSR count). The van der Waals surface area contributed by atoms with Crippen molar-refractivity contribution < 1.29 is 19.7 Å². The van der Waals surface area contributed by atoms with Gasteiger partial charge in [0.05, 0.1) is 0 Å². The van der Waals surface area contributed by atoms with Crippen molar-refractivity contribution in [1.29, 1.82) is 0 Å². The molecule has 0 aliphatic rings. The summed E-state index contributed by atoms with van der Waals surface area (Å²) in [6.45, 7) is 8.75. The quantitative estimate of drug-likeness (QED) is 0.793. The van der Waals surface area contributed by atoms with E-state index in [2.05, 4.69) is 5.32 Å². The molecule has 124 valence electrons. The summed E-state index contributed by atoms with van der Waals surface area (Å²) < 4.78 is 5.08. The number of hydrogen-bond acceptors (Lipinski definition) is 4. The fourth-order valence-electron chi connectivity index (χ4n) is 2.19. The van der Waals surface area contributed by atoms with Crippen molar-refractivity contribution in [3.8, 4) is 0 Å². The van der Waals surface area contributed by atoms with E-state index in [1.54, 1.807) is 32.9 Å². The van der Waals surface area contributed by atoms with Gasteiger partial charge in [-0.2, -0.15) is 0 Å². The Hall–Kier alpha value is -1.30. The maximum atomic E-state index is 11.6. The van der Waals surface area contributed by atoms with Gasteiger partial charge in [-0.15, -0.1) is 0 Å². The standard InChI is InChI=1S/C16H24ClNO4/c1-9-6-11(17)7-10(2)13(9)14(20)12(19)8-18-15(21)22-16(3,4)5/h6-7,12,14,19-20H,8H2,1-5H3,(H,18,21). The van der Waals surface area contributed by atoms with E-state index in [9.17, 15) is 15.0 Å². The zero-order chi connectivity index (χ0) is 17.1. The summed E-state index contributed by atoms with van der Waals surface area (Å²) in [6.07, 6.45) is -2.90. The number of nitrogens with one attached hydrogen (secondary N) is 1. The molecule has 0 saturated carbocycles. The third-order valence-corrected chi connectivity index (χ3v) is 3.29. The Kier molecular flexibility index (Phi) is 6.23. The third kappa shape index (κ3) is 5.48. The Labute approximate surface area is 136 Å². The van der Waals surface area contributed by atoms with Crippen LogP contribution in [0.1, 0.15) is 43.6 Å². The molecule has 0 aliphatic carbocycles. The highest BCUT2D eigenvalue weighted by Gasteiger charge is 2.24. The highest BCUT2D eigenvalue weighted by atomic mass is 35.5. The first-order chi connectivity index (χ1) is 10.0. The monoisotopic (exact) mass is 329 g/mol. The molecule has 0 fully saturated rings. The number of aryl methyl sites for hydroxylation is 2. The van der Waals surface area contributed by atoms with E-state index >= 15 is 0 Å². The van der Waals surface area contributed by atoms with Crippen LogP contribution < -0.4 is 5.32 Å². The number of carbonyl (C=O) groups excluding carboxylic acids is 1. The molecule has 6 heteroatoms. The van der Waals surface area contributed by atoms with E-state index in [0.29, 0.717) is 10.6 Å². The number of ether oxygens (including phenoxy) is 1. The van der Waals surface area contributed by atoms with Crippen LogP contribution in [0.15, 0.2) is 12.1 Å². The summed E-state index contributed by atoms with van der Waals surface area (Å²) >= 11 is 5.95. The Morgan fingerprint density at radius 2 is 1.77 bits per heavy atom. The molecule has 2 unspecified atom stereocenters. The van der Waals surface area contributed by atoms with E-state index in [0.717, 1.165) is 11.1 Å². The van der Waals surface area contributed by atoms with Crippen molar-refractivity contribution in [2.45, 2.75) is 52.4 Å². The van der Waals surface area contributed by atoms with Crippen LogP contribution in [0.4, 0.5) is 4.79 Å². The van der Waals surface area contributed by atoms with Gasteiger partial charge in [-0.25, -0.2) is 4.79 Å². The van der Waals surface area contributed by atoms with Crippen molar-refractivity contribution in [2.75, 3.05) is 6.54 Å². The normalized spacial score (nSPS) is 14.4. The van der Waals surface area contributed by atoms with Gasteiger partial charge in [0, 0.05) is 11.6 Å².